The van der Waals surface area contributed by atoms with Crippen molar-refractivity contribution in [2.75, 3.05) is 14.2 Å². The molecule has 0 radical (unpaired) electrons. The molecule has 5 aliphatic rings. The van der Waals surface area contributed by atoms with Crippen molar-refractivity contribution in [2.24, 2.45) is 0 Å². The number of rotatable bonds is 4. The van der Waals surface area contributed by atoms with E-state index in [-0.39, 0.29) is 11.6 Å². The van der Waals surface area contributed by atoms with Crippen molar-refractivity contribution in [3.8, 4) is 33.8 Å². The number of fused-ring (bicyclic) bond motifs is 3. The van der Waals surface area contributed by atoms with Crippen LogP contribution in [0.3, 0.4) is 0 Å². The molecular weight excluding hydrogens is 436 g/mol. The molecule has 0 bridgehead atoms. The first-order valence-electron chi connectivity index (χ1n) is 11.4. The van der Waals surface area contributed by atoms with E-state index in [4.69, 9.17) is 9.47 Å². The highest BCUT2D eigenvalue weighted by Gasteiger charge is 2.57. The predicted octanol–water partition coefficient (Wildman–Crippen LogP) is 6.28. The lowest BCUT2D eigenvalue weighted by Gasteiger charge is -2.28. The van der Waals surface area contributed by atoms with Gasteiger partial charge in [-0.05, 0) is 34.4 Å². The maximum Gasteiger partial charge on any atom is 0.186 e. The number of Topliss-reactive ketones (excluding diaryl/α,β-unsaturated/α-hetero) is 2. The fourth-order valence-corrected chi connectivity index (χ4v) is 5.57. The maximum atomic E-state index is 14.4. The van der Waals surface area contributed by atoms with E-state index in [2.05, 4.69) is 0 Å². The van der Waals surface area contributed by atoms with Crippen LogP contribution in [0.15, 0.2) is 97.1 Å². The summed E-state index contributed by atoms with van der Waals surface area (Å²) in [5.74, 6) is 0.938. The average Bonchev–Trinajstić information content (AvgIpc) is 3.43. The average molecular weight is 459 g/mol. The third kappa shape index (κ3) is 2.74. The van der Waals surface area contributed by atoms with E-state index in [1.54, 1.807) is 38.5 Å². The molecule has 0 atom stereocenters. The minimum atomic E-state index is -1.52. The van der Waals surface area contributed by atoms with Crippen LogP contribution in [0.5, 0.6) is 11.5 Å². The lowest BCUT2D eigenvalue weighted by molar-refractivity contribution is 0.0830. The van der Waals surface area contributed by atoms with Gasteiger partial charge in [0.1, 0.15) is 16.9 Å². The highest BCUT2D eigenvalue weighted by atomic mass is 16.5. The summed E-state index contributed by atoms with van der Waals surface area (Å²) < 4.78 is 11.3. The molecule has 0 amide bonds. The fraction of sp³-hybridized carbons (Fsp3) is 0.0968. The molecule has 4 heteroatoms. The Hall–Kier alpha value is -4.44. The van der Waals surface area contributed by atoms with E-state index < -0.39 is 5.41 Å². The van der Waals surface area contributed by atoms with Gasteiger partial charge in [-0.1, -0.05) is 84.9 Å². The highest BCUT2D eigenvalue weighted by molar-refractivity contribution is 6.36. The molecule has 0 saturated heterocycles. The summed E-state index contributed by atoms with van der Waals surface area (Å²) >= 11 is 0. The molecule has 0 heterocycles. The predicted molar refractivity (Wildman–Crippen MR) is 135 cm³/mol. The van der Waals surface area contributed by atoms with E-state index in [9.17, 15) is 9.59 Å². The topological polar surface area (TPSA) is 52.6 Å². The van der Waals surface area contributed by atoms with Crippen molar-refractivity contribution < 1.29 is 19.1 Å². The van der Waals surface area contributed by atoms with Gasteiger partial charge in [0.15, 0.2) is 11.6 Å². The molecule has 35 heavy (non-hydrogen) atoms. The van der Waals surface area contributed by atoms with Crippen LogP contribution in [0.1, 0.15) is 31.8 Å². The smallest absolute Gasteiger partial charge is 0.186 e. The molecule has 0 unspecified atom stereocenters. The van der Waals surface area contributed by atoms with E-state index in [1.165, 1.54) is 0 Å². The number of carbonyl (C=O) groups excluding carboxylic acids is 2. The summed E-state index contributed by atoms with van der Waals surface area (Å²) in [5, 5.41) is 0. The standard InChI is InChI=1S/C31H22O4/c1-34-27-13-7-5-9-19-21(27)15-17-25(19)31(29(32)23-11-3-4-12-24(23)30(31)33)26-18-16-22-20(26)10-6-8-14-28(22)35-2/h3-18H,1-2H3. The summed E-state index contributed by atoms with van der Waals surface area (Å²) in [7, 11) is 3.24. The van der Waals surface area contributed by atoms with Crippen LogP contribution < -0.4 is 9.47 Å². The number of carbonyl (C=O) groups is 2. The van der Waals surface area contributed by atoms with Gasteiger partial charge < -0.3 is 9.47 Å². The Labute approximate surface area is 203 Å². The number of ether oxygens (including phenoxy) is 2. The molecule has 0 saturated carbocycles. The summed E-state index contributed by atoms with van der Waals surface area (Å²) in [5.41, 5.74) is 4.00. The Morgan fingerprint density at radius 3 is 1.23 bits per heavy atom. The normalized spacial score (nSPS) is 14.3. The molecule has 0 aliphatic heterocycles. The zero-order valence-corrected chi connectivity index (χ0v) is 19.4. The number of ketones is 2. The second-order valence-corrected chi connectivity index (χ2v) is 8.68. The van der Waals surface area contributed by atoms with Crippen molar-refractivity contribution in [1.29, 1.82) is 0 Å². The van der Waals surface area contributed by atoms with Gasteiger partial charge in [0.25, 0.3) is 0 Å². The molecule has 1 aromatic carbocycles. The number of methoxy groups -OCH3 is 2. The summed E-state index contributed by atoms with van der Waals surface area (Å²) in [6.07, 6.45) is 0. The minimum Gasteiger partial charge on any atom is -0.496 e. The van der Waals surface area contributed by atoms with Crippen LogP contribution in [-0.2, 0) is 5.41 Å². The Kier molecular flexibility index (Phi) is 4.71. The molecule has 0 fully saturated rings. The van der Waals surface area contributed by atoms with Crippen molar-refractivity contribution in [2.45, 2.75) is 5.41 Å². The van der Waals surface area contributed by atoms with Gasteiger partial charge in [-0.15, -0.1) is 0 Å². The van der Waals surface area contributed by atoms with Crippen molar-refractivity contribution in [3.63, 3.8) is 0 Å². The second kappa shape index (κ2) is 7.81. The van der Waals surface area contributed by atoms with Crippen LogP contribution in [0.2, 0.25) is 0 Å². The monoisotopic (exact) mass is 458 g/mol. The van der Waals surface area contributed by atoms with E-state index in [0.717, 1.165) is 22.3 Å². The molecule has 5 aliphatic carbocycles. The summed E-state index contributed by atoms with van der Waals surface area (Å²) in [6, 6.07) is 30.0. The molecule has 0 N–H and O–H groups in total. The summed E-state index contributed by atoms with van der Waals surface area (Å²) in [4.78, 5) is 28.8. The SMILES string of the molecule is COc1ccccc2c(C3(c4ccc5c(OC)ccccc4-5)C(=O)c4ccccc4C3=O)ccc1-2. The zero-order valence-electron chi connectivity index (χ0n) is 19.4. The first-order chi connectivity index (χ1) is 17.1. The first kappa shape index (κ1) is 21.1. The Bertz CT molecular complexity index is 1450. The molecule has 170 valence electrons. The van der Waals surface area contributed by atoms with Crippen LogP contribution >= 0.6 is 0 Å². The van der Waals surface area contributed by atoms with Crippen molar-refractivity contribution >= 4 is 11.6 Å². The first-order valence-corrected chi connectivity index (χ1v) is 11.4. The lowest BCUT2D eigenvalue weighted by atomic mass is 9.69. The quantitative estimate of drug-likeness (QED) is 0.298. The van der Waals surface area contributed by atoms with Crippen molar-refractivity contribution in [3.05, 3.63) is 119 Å². The van der Waals surface area contributed by atoms with Crippen LogP contribution in [-0.4, -0.2) is 25.8 Å². The Morgan fingerprint density at radius 2 is 0.829 bits per heavy atom. The zero-order chi connectivity index (χ0) is 24.2. The van der Waals surface area contributed by atoms with Gasteiger partial charge in [-0.25, -0.2) is 0 Å². The third-order valence-electron chi connectivity index (χ3n) is 7.11. The molecular formula is C31H22O4. The van der Waals surface area contributed by atoms with Gasteiger partial charge in [0, 0.05) is 22.3 Å². The lowest BCUT2D eigenvalue weighted by Crippen LogP contribution is -2.39. The Morgan fingerprint density at radius 1 is 0.457 bits per heavy atom. The van der Waals surface area contributed by atoms with Crippen LogP contribution in [0, 0.1) is 0 Å². The minimum absolute atomic E-state index is 0.214. The van der Waals surface area contributed by atoms with E-state index >= 15 is 0 Å². The largest absolute Gasteiger partial charge is 0.496 e. The molecule has 4 nitrogen and oxygen atoms in total. The fourth-order valence-electron chi connectivity index (χ4n) is 5.57. The molecule has 0 spiro atoms. The molecule has 6 rings (SSSR count). The number of hydrogen-bond donors (Lipinski definition) is 0. The van der Waals surface area contributed by atoms with Gasteiger partial charge in [0.2, 0.25) is 0 Å². The third-order valence-corrected chi connectivity index (χ3v) is 7.11. The van der Waals surface area contributed by atoms with Gasteiger partial charge in [0.05, 0.1) is 14.2 Å². The van der Waals surface area contributed by atoms with Gasteiger partial charge >= 0.3 is 0 Å². The second-order valence-electron chi connectivity index (χ2n) is 8.68. The van der Waals surface area contributed by atoms with Crippen LogP contribution in [0.4, 0.5) is 0 Å². The summed E-state index contributed by atoms with van der Waals surface area (Å²) in [6.45, 7) is 0. The van der Waals surface area contributed by atoms with Gasteiger partial charge in [-0.2, -0.15) is 0 Å². The number of hydrogen-bond acceptors (Lipinski definition) is 4. The Balaban J connectivity index is 1.72. The number of benzene rings is 1. The van der Waals surface area contributed by atoms with Crippen molar-refractivity contribution in [1.82, 2.24) is 0 Å². The van der Waals surface area contributed by atoms with Crippen LogP contribution in [0.25, 0.3) is 22.3 Å². The highest BCUT2D eigenvalue weighted by Crippen LogP contribution is 2.53. The van der Waals surface area contributed by atoms with E-state index in [0.29, 0.717) is 33.8 Å². The molecule has 1 aromatic rings. The van der Waals surface area contributed by atoms with E-state index in [1.807, 2.05) is 72.8 Å². The molecule has 0 aromatic heterocycles. The maximum absolute atomic E-state index is 14.4. The van der Waals surface area contributed by atoms with Gasteiger partial charge in [-0.3, -0.25) is 9.59 Å².